The Kier molecular flexibility index (Phi) is 8.10. The minimum absolute atomic E-state index is 0. The molecule has 2 unspecified atom stereocenters. The standard InChI is InChI=1S/C22H33N5O.HI/c1-6-23-20(26-18-14-22(4,28-5)21(18,2)3)25-15-19-24-12-13-27(19)16-17-10-8-7-9-11-17;/h7-13,18H,6,14-16H2,1-5H3,(H2,23,25,26);1H. The first kappa shape index (κ1) is 23.7. The summed E-state index contributed by atoms with van der Waals surface area (Å²) in [6.07, 6.45) is 4.81. The van der Waals surface area contributed by atoms with Gasteiger partial charge in [-0.3, -0.25) is 0 Å². The minimum atomic E-state index is -0.103. The fourth-order valence-electron chi connectivity index (χ4n) is 3.77. The summed E-state index contributed by atoms with van der Waals surface area (Å²) in [7, 11) is 1.80. The van der Waals surface area contributed by atoms with E-state index in [1.807, 2.05) is 18.5 Å². The number of ether oxygens (including phenoxy) is 1. The van der Waals surface area contributed by atoms with Crippen molar-refractivity contribution in [3.05, 3.63) is 54.1 Å². The molecule has 0 amide bonds. The molecule has 0 aliphatic heterocycles. The highest BCUT2D eigenvalue weighted by molar-refractivity contribution is 14.0. The number of nitrogens with zero attached hydrogens (tertiary/aromatic N) is 3. The summed E-state index contributed by atoms with van der Waals surface area (Å²) in [5.41, 5.74) is 1.18. The number of halogens is 1. The first-order valence-electron chi connectivity index (χ1n) is 10.0. The van der Waals surface area contributed by atoms with Gasteiger partial charge in [0, 0.05) is 44.0 Å². The molecule has 0 saturated heterocycles. The molecule has 0 spiro atoms. The normalized spacial score (nSPS) is 23.1. The van der Waals surface area contributed by atoms with Crippen molar-refractivity contribution in [1.82, 2.24) is 20.2 Å². The highest BCUT2D eigenvalue weighted by atomic mass is 127. The monoisotopic (exact) mass is 511 g/mol. The van der Waals surface area contributed by atoms with Crippen molar-refractivity contribution in [2.75, 3.05) is 13.7 Å². The van der Waals surface area contributed by atoms with Crippen LogP contribution in [0, 0.1) is 5.41 Å². The first-order chi connectivity index (χ1) is 13.4. The molecule has 1 heterocycles. The molecule has 2 atom stereocenters. The zero-order valence-corrected chi connectivity index (χ0v) is 20.4. The summed E-state index contributed by atoms with van der Waals surface area (Å²) < 4.78 is 7.89. The van der Waals surface area contributed by atoms with Crippen LogP contribution in [0.2, 0.25) is 0 Å². The maximum atomic E-state index is 5.74. The zero-order valence-electron chi connectivity index (χ0n) is 18.1. The van der Waals surface area contributed by atoms with Gasteiger partial charge in [0.1, 0.15) is 12.4 Å². The molecule has 160 valence electrons. The summed E-state index contributed by atoms with van der Waals surface area (Å²) in [4.78, 5) is 9.29. The first-order valence-corrected chi connectivity index (χ1v) is 10.0. The molecule has 1 aliphatic rings. The lowest BCUT2D eigenvalue weighted by atomic mass is 9.56. The van der Waals surface area contributed by atoms with Gasteiger partial charge >= 0.3 is 0 Å². The van der Waals surface area contributed by atoms with Gasteiger partial charge in [0.2, 0.25) is 0 Å². The van der Waals surface area contributed by atoms with Crippen LogP contribution in [0.1, 0.15) is 45.5 Å². The number of nitrogens with one attached hydrogen (secondary N) is 2. The number of methoxy groups -OCH3 is 1. The van der Waals surface area contributed by atoms with Crippen LogP contribution in [-0.4, -0.2) is 40.8 Å². The number of guanidine groups is 1. The Hall–Kier alpha value is -1.61. The predicted octanol–water partition coefficient (Wildman–Crippen LogP) is 3.81. The van der Waals surface area contributed by atoms with E-state index in [0.29, 0.717) is 12.6 Å². The quantitative estimate of drug-likeness (QED) is 0.337. The lowest BCUT2D eigenvalue weighted by Crippen LogP contribution is -2.69. The second kappa shape index (κ2) is 9.93. The average Bonchev–Trinajstić information content (AvgIpc) is 3.13. The number of aromatic nitrogens is 2. The van der Waals surface area contributed by atoms with Gasteiger partial charge < -0.3 is 19.9 Å². The molecule has 0 radical (unpaired) electrons. The van der Waals surface area contributed by atoms with E-state index < -0.39 is 0 Å². The van der Waals surface area contributed by atoms with Gasteiger partial charge in [-0.05, 0) is 25.8 Å². The Morgan fingerprint density at radius 3 is 2.62 bits per heavy atom. The number of aliphatic imine (C=N–C) groups is 1. The minimum Gasteiger partial charge on any atom is -0.378 e. The number of imidazole rings is 1. The SMILES string of the molecule is CCNC(=NCc1nccn1Cc1ccccc1)NC1CC(C)(OC)C1(C)C.I. The van der Waals surface area contributed by atoms with Crippen LogP contribution in [0.4, 0.5) is 0 Å². The summed E-state index contributed by atoms with van der Waals surface area (Å²) in [5.74, 6) is 1.78. The molecular weight excluding hydrogens is 477 g/mol. The lowest BCUT2D eigenvalue weighted by Gasteiger charge is -2.59. The third-order valence-electron chi connectivity index (χ3n) is 6.31. The Morgan fingerprint density at radius 2 is 2.00 bits per heavy atom. The van der Waals surface area contributed by atoms with Gasteiger partial charge in [-0.1, -0.05) is 44.2 Å². The van der Waals surface area contributed by atoms with Gasteiger partial charge in [-0.15, -0.1) is 24.0 Å². The fourth-order valence-corrected chi connectivity index (χ4v) is 3.77. The molecule has 1 aromatic heterocycles. The van der Waals surface area contributed by atoms with E-state index in [0.717, 1.165) is 31.3 Å². The number of rotatable bonds is 7. The molecule has 0 bridgehead atoms. The van der Waals surface area contributed by atoms with E-state index in [2.05, 4.69) is 72.1 Å². The third-order valence-corrected chi connectivity index (χ3v) is 6.31. The van der Waals surface area contributed by atoms with Crippen LogP contribution in [0.3, 0.4) is 0 Å². The Labute approximate surface area is 191 Å². The molecule has 1 aliphatic carbocycles. The molecular formula is C22H34IN5O. The van der Waals surface area contributed by atoms with Crippen molar-refractivity contribution in [2.45, 2.75) is 58.8 Å². The molecule has 1 aromatic carbocycles. The van der Waals surface area contributed by atoms with Gasteiger partial charge in [0.05, 0.1) is 5.60 Å². The molecule has 7 heteroatoms. The van der Waals surface area contributed by atoms with Crippen LogP contribution >= 0.6 is 24.0 Å². The van der Waals surface area contributed by atoms with Gasteiger partial charge in [-0.2, -0.15) is 0 Å². The third kappa shape index (κ3) is 5.12. The van der Waals surface area contributed by atoms with Crippen molar-refractivity contribution >= 4 is 29.9 Å². The van der Waals surface area contributed by atoms with Gasteiger partial charge in [-0.25, -0.2) is 9.98 Å². The highest BCUT2D eigenvalue weighted by Gasteiger charge is 2.58. The second-order valence-corrected chi connectivity index (χ2v) is 8.21. The topological polar surface area (TPSA) is 63.5 Å². The van der Waals surface area contributed by atoms with Crippen molar-refractivity contribution < 1.29 is 4.74 Å². The van der Waals surface area contributed by atoms with Crippen molar-refractivity contribution in [3.63, 3.8) is 0 Å². The summed E-state index contributed by atoms with van der Waals surface area (Å²) in [5, 5.41) is 6.95. The fraction of sp³-hybridized carbons (Fsp3) is 0.545. The van der Waals surface area contributed by atoms with Crippen LogP contribution < -0.4 is 10.6 Å². The molecule has 3 rings (SSSR count). The van der Waals surface area contributed by atoms with Crippen LogP contribution in [0.15, 0.2) is 47.7 Å². The van der Waals surface area contributed by atoms with Gasteiger partial charge in [0.15, 0.2) is 5.96 Å². The summed E-state index contributed by atoms with van der Waals surface area (Å²) >= 11 is 0. The molecule has 2 N–H and O–H groups in total. The molecule has 1 fully saturated rings. The maximum absolute atomic E-state index is 5.74. The summed E-state index contributed by atoms with van der Waals surface area (Å²) in [6.45, 7) is 10.9. The van der Waals surface area contributed by atoms with Crippen molar-refractivity contribution in [1.29, 1.82) is 0 Å². The number of hydrogen-bond acceptors (Lipinski definition) is 3. The van der Waals surface area contributed by atoms with E-state index >= 15 is 0 Å². The number of hydrogen-bond donors (Lipinski definition) is 2. The average molecular weight is 511 g/mol. The highest BCUT2D eigenvalue weighted by Crippen LogP contribution is 2.51. The number of benzene rings is 1. The van der Waals surface area contributed by atoms with Crippen molar-refractivity contribution in [2.24, 2.45) is 10.4 Å². The largest absolute Gasteiger partial charge is 0.378 e. The van der Waals surface area contributed by atoms with Crippen molar-refractivity contribution in [3.8, 4) is 0 Å². The van der Waals surface area contributed by atoms with E-state index in [1.54, 1.807) is 7.11 Å². The Morgan fingerprint density at radius 1 is 1.28 bits per heavy atom. The molecule has 2 aromatic rings. The van der Waals surface area contributed by atoms with Crippen LogP contribution in [0.5, 0.6) is 0 Å². The molecule has 29 heavy (non-hydrogen) atoms. The van der Waals surface area contributed by atoms with E-state index in [1.165, 1.54) is 5.56 Å². The zero-order chi connectivity index (χ0) is 20.2. The Balaban J connectivity index is 0.00000300. The van der Waals surface area contributed by atoms with E-state index in [9.17, 15) is 0 Å². The lowest BCUT2D eigenvalue weighted by molar-refractivity contribution is -0.176. The summed E-state index contributed by atoms with van der Waals surface area (Å²) in [6, 6.07) is 10.7. The molecule has 6 nitrogen and oxygen atoms in total. The molecule has 1 saturated carbocycles. The van der Waals surface area contributed by atoms with Crippen LogP contribution in [-0.2, 0) is 17.8 Å². The maximum Gasteiger partial charge on any atom is 0.191 e. The van der Waals surface area contributed by atoms with Crippen LogP contribution in [0.25, 0.3) is 0 Å². The van der Waals surface area contributed by atoms with E-state index in [-0.39, 0.29) is 35.0 Å². The second-order valence-electron chi connectivity index (χ2n) is 8.21. The van der Waals surface area contributed by atoms with E-state index in [4.69, 9.17) is 9.73 Å². The Bertz CT molecular complexity index is 805. The predicted molar refractivity (Wildman–Crippen MR) is 129 cm³/mol. The smallest absolute Gasteiger partial charge is 0.191 e. The van der Waals surface area contributed by atoms with Gasteiger partial charge in [0.25, 0.3) is 0 Å².